The van der Waals surface area contributed by atoms with Gasteiger partial charge in [-0.1, -0.05) is 0 Å². The molecule has 0 bridgehead atoms. The Kier molecular flexibility index (Phi) is 11.4. The van der Waals surface area contributed by atoms with Crippen molar-refractivity contribution in [3.8, 4) is 0 Å². The quantitative estimate of drug-likeness (QED) is 0.385. The molecule has 2 N–H and O–H groups in total. The van der Waals surface area contributed by atoms with Crippen LogP contribution < -0.4 is 10.6 Å². The summed E-state index contributed by atoms with van der Waals surface area (Å²) in [6.45, 7) is 10.7. The topological polar surface area (TPSA) is 58.1 Å². The van der Waals surface area contributed by atoms with Crippen LogP contribution in [0.3, 0.4) is 0 Å². The van der Waals surface area contributed by atoms with E-state index in [-0.39, 0.29) is 30.0 Å². The molecule has 7 heteroatoms. The molecule has 0 aromatic heterocycles. The number of halogens is 1. The smallest absolute Gasteiger partial charge is 0.191 e. The second-order valence-electron chi connectivity index (χ2n) is 5.46. The normalized spacial score (nSPS) is 23.1. The third-order valence-electron chi connectivity index (χ3n) is 3.57. The van der Waals surface area contributed by atoms with E-state index in [9.17, 15) is 0 Å². The van der Waals surface area contributed by atoms with Gasteiger partial charge in [0.15, 0.2) is 5.96 Å². The van der Waals surface area contributed by atoms with Gasteiger partial charge in [0.2, 0.25) is 0 Å². The molecule has 0 radical (unpaired) electrons. The van der Waals surface area contributed by atoms with Crippen LogP contribution in [0.4, 0.5) is 0 Å². The van der Waals surface area contributed by atoms with Gasteiger partial charge in [0, 0.05) is 45.4 Å². The summed E-state index contributed by atoms with van der Waals surface area (Å²) in [5.41, 5.74) is 0. The van der Waals surface area contributed by atoms with Crippen molar-refractivity contribution >= 4 is 29.9 Å². The SMILES string of the molecule is CN=C(NCC(C)N1CCOCC1C)NC(C)COC.I. The minimum absolute atomic E-state index is 0. The van der Waals surface area contributed by atoms with E-state index in [4.69, 9.17) is 9.47 Å². The first-order valence-electron chi connectivity index (χ1n) is 7.38. The first-order chi connectivity index (χ1) is 9.58. The van der Waals surface area contributed by atoms with E-state index >= 15 is 0 Å². The van der Waals surface area contributed by atoms with Gasteiger partial charge in [0.25, 0.3) is 0 Å². The summed E-state index contributed by atoms with van der Waals surface area (Å²) in [5.74, 6) is 0.822. The molecule has 1 rings (SSSR count). The third kappa shape index (κ3) is 7.62. The van der Waals surface area contributed by atoms with Crippen molar-refractivity contribution in [3.05, 3.63) is 0 Å². The third-order valence-corrected chi connectivity index (χ3v) is 3.57. The predicted octanol–water partition coefficient (Wildman–Crippen LogP) is 0.914. The molecule has 0 spiro atoms. The monoisotopic (exact) mass is 414 g/mol. The second kappa shape index (κ2) is 11.4. The Morgan fingerprint density at radius 1 is 1.48 bits per heavy atom. The number of nitrogens with one attached hydrogen (secondary N) is 2. The van der Waals surface area contributed by atoms with Gasteiger partial charge in [0.05, 0.1) is 19.8 Å². The van der Waals surface area contributed by atoms with Crippen molar-refractivity contribution in [2.45, 2.75) is 38.9 Å². The first kappa shape index (κ1) is 20.9. The zero-order valence-corrected chi connectivity index (χ0v) is 16.2. The molecule has 1 heterocycles. The zero-order chi connectivity index (χ0) is 15.0. The van der Waals surface area contributed by atoms with E-state index in [1.807, 2.05) is 0 Å². The molecule has 0 aliphatic carbocycles. The molecule has 0 aromatic carbocycles. The fourth-order valence-electron chi connectivity index (χ4n) is 2.48. The summed E-state index contributed by atoms with van der Waals surface area (Å²) in [4.78, 5) is 6.72. The van der Waals surface area contributed by atoms with Gasteiger partial charge >= 0.3 is 0 Å². The average Bonchev–Trinajstić information content (AvgIpc) is 2.43. The Balaban J connectivity index is 0.00000400. The number of hydrogen-bond donors (Lipinski definition) is 2. The second-order valence-corrected chi connectivity index (χ2v) is 5.46. The molecule has 1 saturated heterocycles. The highest BCUT2D eigenvalue weighted by Crippen LogP contribution is 2.09. The van der Waals surface area contributed by atoms with Crippen molar-refractivity contribution in [3.63, 3.8) is 0 Å². The summed E-state index contributed by atoms with van der Waals surface area (Å²) in [7, 11) is 3.49. The van der Waals surface area contributed by atoms with Crippen LogP contribution in [-0.4, -0.2) is 76.1 Å². The summed E-state index contributed by atoms with van der Waals surface area (Å²) >= 11 is 0. The zero-order valence-electron chi connectivity index (χ0n) is 13.9. The average molecular weight is 414 g/mol. The van der Waals surface area contributed by atoms with Crippen LogP contribution in [0.25, 0.3) is 0 Å². The van der Waals surface area contributed by atoms with Gasteiger partial charge in [0.1, 0.15) is 0 Å². The summed E-state index contributed by atoms with van der Waals surface area (Å²) in [5, 5.41) is 6.68. The van der Waals surface area contributed by atoms with Gasteiger partial charge in [-0.05, 0) is 20.8 Å². The molecule has 1 aliphatic rings. The fraction of sp³-hybridized carbons (Fsp3) is 0.929. The number of rotatable bonds is 6. The van der Waals surface area contributed by atoms with E-state index in [1.165, 1.54) is 0 Å². The minimum Gasteiger partial charge on any atom is -0.383 e. The maximum Gasteiger partial charge on any atom is 0.191 e. The Morgan fingerprint density at radius 2 is 2.19 bits per heavy atom. The first-order valence-corrected chi connectivity index (χ1v) is 7.38. The van der Waals surface area contributed by atoms with Crippen LogP contribution in [0, 0.1) is 0 Å². The van der Waals surface area contributed by atoms with Crippen LogP contribution in [0.5, 0.6) is 0 Å². The maximum atomic E-state index is 5.48. The number of aliphatic imine (C=N–C) groups is 1. The molecule has 3 atom stereocenters. The van der Waals surface area contributed by atoms with Gasteiger partial charge in [-0.3, -0.25) is 9.89 Å². The highest BCUT2D eigenvalue weighted by molar-refractivity contribution is 14.0. The fourth-order valence-corrected chi connectivity index (χ4v) is 2.48. The van der Waals surface area contributed by atoms with E-state index in [2.05, 4.69) is 41.3 Å². The standard InChI is InChI=1S/C14H30N4O2.HI/c1-11(9-19-5)17-14(15-4)16-8-12(2)18-6-7-20-10-13(18)3;/h11-13H,6-10H2,1-5H3,(H2,15,16,17);1H. The van der Waals surface area contributed by atoms with E-state index in [0.29, 0.717) is 18.7 Å². The minimum atomic E-state index is 0. The summed E-state index contributed by atoms with van der Waals surface area (Å²) in [6, 6.07) is 1.16. The lowest BCUT2D eigenvalue weighted by atomic mass is 10.2. The Hall–Kier alpha value is -0.120. The van der Waals surface area contributed by atoms with Crippen LogP contribution in [-0.2, 0) is 9.47 Å². The predicted molar refractivity (Wildman–Crippen MR) is 97.7 cm³/mol. The summed E-state index contributed by atoms with van der Waals surface area (Å²) in [6.07, 6.45) is 0. The Labute approximate surface area is 146 Å². The number of ether oxygens (including phenoxy) is 2. The van der Waals surface area contributed by atoms with Crippen molar-refractivity contribution in [2.75, 3.05) is 47.1 Å². The van der Waals surface area contributed by atoms with Crippen molar-refractivity contribution in [1.29, 1.82) is 0 Å². The molecular formula is C14H31IN4O2. The molecule has 1 aliphatic heterocycles. The van der Waals surface area contributed by atoms with Gasteiger partial charge in [-0.15, -0.1) is 24.0 Å². The van der Waals surface area contributed by atoms with Gasteiger partial charge in [-0.2, -0.15) is 0 Å². The lowest BCUT2D eigenvalue weighted by Gasteiger charge is -2.38. The van der Waals surface area contributed by atoms with Gasteiger partial charge in [-0.25, -0.2) is 0 Å². The molecule has 3 unspecified atom stereocenters. The molecule has 6 nitrogen and oxygen atoms in total. The van der Waals surface area contributed by atoms with E-state index < -0.39 is 0 Å². The van der Waals surface area contributed by atoms with Crippen LogP contribution in [0.1, 0.15) is 20.8 Å². The number of guanidine groups is 1. The van der Waals surface area contributed by atoms with Crippen LogP contribution in [0.2, 0.25) is 0 Å². The number of morpholine rings is 1. The van der Waals surface area contributed by atoms with E-state index in [0.717, 1.165) is 32.3 Å². The van der Waals surface area contributed by atoms with Gasteiger partial charge < -0.3 is 20.1 Å². The Morgan fingerprint density at radius 3 is 2.76 bits per heavy atom. The number of methoxy groups -OCH3 is 1. The summed E-state index contributed by atoms with van der Waals surface area (Å²) < 4.78 is 10.6. The van der Waals surface area contributed by atoms with Crippen molar-refractivity contribution < 1.29 is 9.47 Å². The Bertz CT molecular complexity index is 305. The van der Waals surface area contributed by atoms with Crippen molar-refractivity contribution in [1.82, 2.24) is 15.5 Å². The lowest BCUT2D eigenvalue weighted by Crippen LogP contribution is -2.53. The van der Waals surface area contributed by atoms with Crippen LogP contribution >= 0.6 is 24.0 Å². The molecule has 0 aromatic rings. The van der Waals surface area contributed by atoms with Crippen LogP contribution in [0.15, 0.2) is 4.99 Å². The van der Waals surface area contributed by atoms with E-state index in [1.54, 1.807) is 14.2 Å². The molecule has 126 valence electrons. The largest absolute Gasteiger partial charge is 0.383 e. The molecule has 0 amide bonds. The van der Waals surface area contributed by atoms with Crippen molar-refractivity contribution in [2.24, 2.45) is 4.99 Å². The molecule has 21 heavy (non-hydrogen) atoms. The molecule has 1 fully saturated rings. The number of hydrogen-bond acceptors (Lipinski definition) is 4. The maximum absolute atomic E-state index is 5.48. The molecular weight excluding hydrogens is 383 g/mol. The lowest BCUT2D eigenvalue weighted by molar-refractivity contribution is -0.0174. The molecule has 0 saturated carbocycles. The highest BCUT2D eigenvalue weighted by atomic mass is 127. The highest BCUT2D eigenvalue weighted by Gasteiger charge is 2.23. The number of nitrogens with zero attached hydrogens (tertiary/aromatic N) is 2.